The third kappa shape index (κ3) is 3.35. The summed E-state index contributed by atoms with van der Waals surface area (Å²) in [6, 6.07) is 26.3. The van der Waals surface area contributed by atoms with E-state index in [1.165, 1.54) is 6.07 Å². The maximum Gasteiger partial charge on any atom is 0.160 e. The number of benzene rings is 3. The lowest BCUT2D eigenvalue weighted by Gasteiger charge is -2.09. The molecule has 26 heavy (non-hydrogen) atoms. The van der Waals surface area contributed by atoms with E-state index in [1.54, 1.807) is 12.1 Å². The van der Waals surface area contributed by atoms with E-state index in [-0.39, 0.29) is 5.02 Å². The van der Waals surface area contributed by atoms with Gasteiger partial charge in [0.15, 0.2) is 5.82 Å². The zero-order valence-corrected chi connectivity index (χ0v) is 14.5. The number of hydrogen-bond acceptors (Lipinski definition) is 2. The SMILES string of the molecule is Fc1ccc(-c2nc(-c3ccccc3)cc(-c3ccccc3)n2)cc1Cl. The Hall–Kier alpha value is -3.04. The van der Waals surface area contributed by atoms with Crippen LogP contribution in [0.2, 0.25) is 5.02 Å². The lowest BCUT2D eigenvalue weighted by molar-refractivity contribution is 0.628. The largest absolute Gasteiger partial charge is 0.228 e. The van der Waals surface area contributed by atoms with Crippen LogP contribution in [0.4, 0.5) is 4.39 Å². The van der Waals surface area contributed by atoms with E-state index in [9.17, 15) is 4.39 Å². The highest BCUT2D eigenvalue weighted by atomic mass is 35.5. The second-order valence-electron chi connectivity index (χ2n) is 5.82. The van der Waals surface area contributed by atoms with Crippen LogP contribution >= 0.6 is 11.6 Å². The van der Waals surface area contributed by atoms with Gasteiger partial charge in [0.1, 0.15) is 5.82 Å². The van der Waals surface area contributed by atoms with Gasteiger partial charge in [-0.15, -0.1) is 0 Å². The van der Waals surface area contributed by atoms with Crippen molar-refractivity contribution in [3.8, 4) is 33.9 Å². The molecule has 126 valence electrons. The van der Waals surface area contributed by atoms with Gasteiger partial charge in [-0.25, -0.2) is 14.4 Å². The first-order chi connectivity index (χ1) is 12.7. The molecule has 0 atom stereocenters. The van der Waals surface area contributed by atoms with Crippen LogP contribution in [-0.4, -0.2) is 9.97 Å². The highest BCUT2D eigenvalue weighted by Gasteiger charge is 2.11. The van der Waals surface area contributed by atoms with Crippen molar-refractivity contribution in [1.82, 2.24) is 9.97 Å². The Morgan fingerprint density at radius 3 is 1.65 bits per heavy atom. The number of halogens is 2. The molecule has 0 fully saturated rings. The van der Waals surface area contributed by atoms with Gasteiger partial charge in [-0.05, 0) is 24.3 Å². The molecule has 0 aliphatic rings. The summed E-state index contributed by atoms with van der Waals surface area (Å²) in [5.41, 5.74) is 4.25. The molecular weight excluding hydrogens is 347 g/mol. The highest BCUT2D eigenvalue weighted by molar-refractivity contribution is 6.31. The first-order valence-electron chi connectivity index (χ1n) is 8.16. The Labute approximate surface area is 156 Å². The molecule has 4 aromatic rings. The second-order valence-corrected chi connectivity index (χ2v) is 6.23. The van der Waals surface area contributed by atoms with E-state index < -0.39 is 5.82 Å². The van der Waals surface area contributed by atoms with Gasteiger partial charge in [-0.3, -0.25) is 0 Å². The van der Waals surface area contributed by atoms with Crippen LogP contribution in [0.1, 0.15) is 0 Å². The number of rotatable bonds is 3. The predicted octanol–water partition coefficient (Wildman–Crippen LogP) is 6.27. The highest BCUT2D eigenvalue weighted by Crippen LogP contribution is 2.28. The zero-order valence-electron chi connectivity index (χ0n) is 13.7. The Morgan fingerprint density at radius 2 is 1.15 bits per heavy atom. The van der Waals surface area contributed by atoms with Crippen LogP contribution in [0.5, 0.6) is 0 Å². The van der Waals surface area contributed by atoms with E-state index >= 15 is 0 Å². The van der Waals surface area contributed by atoms with E-state index in [0.717, 1.165) is 22.5 Å². The standard InChI is InChI=1S/C22H14ClFN2/c23-18-13-17(11-12-19(18)24)22-25-20(15-7-3-1-4-8-15)14-21(26-22)16-9-5-2-6-10-16/h1-14H. The fraction of sp³-hybridized carbons (Fsp3) is 0. The van der Waals surface area contributed by atoms with Gasteiger partial charge in [0.05, 0.1) is 16.4 Å². The zero-order chi connectivity index (χ0) is 17.9. The van der Waals surface area contributed by atoms with Crippen molar-refractivity contribution in [1.29, 1.82) is 0 Å². The molecule has 0 unspecified atom stereocenters. The van der Waals surface area contributed by atoms with Crippen molar-refractivity contribution >= 4 is 11.6 Å². The summed E-state index contributed by atoms with van der Waals surface area (Å²) in [5, 5.41) is 0.0532. The van der Waals surface area contributed by atoms with Crippen LogP contribution in [0.15, 0.2) is 84.9 Å². The minimum absolute atomic E-state index is 0.0532. The molecule has 0 radical (unpaired) electrons. The first kappa shape index (κ1) is 16.4. The fourth-order valence-electron chi connectivity index (χ4n) is 2.73. The molecule has 0 bridgehead atoms. The average molecular weight is 361 g/mol. The minimum atomic E-state index is -0.460. The summed E-state index contributed by atoms with van der Waals surface area (Å²) in [7, 11) is 0. The molecule has 3 aromatic carbocycles. The number of nitrogens with zero attached hydrogens (tertiary/aromatic N) is 2. The third-order valence-corrected chi connectivity index (χ3v) is 4.33. The summed E-state index contributed by atoms with van der Waals surface area (Å²) in [5.74, 6) is 0.0463. The maximum absolute atomic E-state index is 13.5. The van der Waals surface area contributed by atoms with E-state index in [1.807, 2.05) is 66.7 Å². The van der Waals surface area contributed by atoms with Crippen LogP contribution in [0.3, 0.4) is 0 Å². The predicted molar refractivity (Wildman–Crippen MR) is 103 cm³/mol. The second kappa shape index (κ2) is 7.06. The Balaban J connectivity index is 1.92. The molecule has 0 spiro atoms. The summed E-state index contributed by atoms with van der Waals surface area (Å²) < 4.78 is 13.5. The fourth-order valence-corrected chi connectivity index (χ4v) is 2.91. The van der Waals surface area contributed by atoms with E-state index in [4.69, 9.17) is 11.6 Å². The molecule has 1 aromatic heterocycles. The smallest absolute Gasteiger partial charge is 0.160 e. The van der Waals surface area contributed by atoms with Crippen LogP contribution < -0.4 is 0 Å². The molecule has 0 saturated carbocycles. The monoisotopic (exact) mass is 360 g/mol. The van der Waals surface area contributed by atoms with Crippen molar-refractivity contribution in [3.63, 3.8) is 0 Å². The average Bonchev–Trinajstić information content (AvgIpc) is 2.71. The van der Waals surface area contributed by atoms with Crippen LogP contribution in [-0.2, 0) is 0 Å². The lowest BCUT2D eigenvalue weighted by atomic mass is 10.1. The molecule has 0 N–H and O–H groups in total. The molecule has 1 heterocycles. The molecule has 2 nitrogen and oxygen atoms in total. The van der Waals surface area contributed by atoms with Crippen molar-refractivity contribution in [2.24, 2.45) is 0 Å². The van der Waals surface area contributed by atoms with Crippen molar-refractivity contribution in [3.05, 3.63) is 95.8 Å². The third-order valence-electron chi connectivity index (χ3n) is 4.04. The Kier molecular flexibility index (Phi) is 4.46. The summed E-state index contributed by atoms with van der Waals surface area (Å²) >= 11 is 5.95. The van der Waals surface area contributed by atoms with Crippen molar-refractivity contribution in [2.45, 2.75) is 0 Å². The molecular formula is C22H14ClFN2. The van der Waals surface area contributed by atoms with Gasteiger partial charge in [-0.2, -0.15) is 0 Å². The van der Waals surface area contributed by atoms with Crippen LogP contribution in [0.25, 0.3) is 33.9 Å². The normalized spacial score (nSPS) is 10.7. The first-order valence-corrected chi connectivity index (χ1v) is 8.54. The van der Waals surface area contributed by atoms with Crippen LogP contribution in [0, 0.1) is 5.82 Å². The molecule has 0 aliphatic carbocycles. The van der Waals surface area contributed by atoms with E-state index in [0.29, 0.717) is 11.4 Å². The van der Waals surface area contributed by atoms with Gasteiger partial charge in [0, 0.05) is 16.7 Å². The topological polar surface area (TPSA) is 25.8 Å². The maximum atomic E-state index is 13.5. The summed E-state index contributed by atoms with van der Waals surface area (Å²) in [6.07, 6.45) is 0. The molecule has 0 aliphatic heterocycles. The van der Waals surface area contributed by atoms with Crippen molar-refractivity contribution in [2.75, 3.05) is 0 Å². The molecule has 4 heteroatoms. The number of aromatic nitrogens is 2. The molecule has 0 amide bonds. The molecule has 4 rings (SSSR count). The summed E-state index contributed by atoms with van der Waals surface area (Å²) in [4.78, 5) is 9.36. The molecule has 0 saturated heterocycles. The summed E-state index contributed by atoms with van der Waals surface area (Å²) in [6.45, 7) is 0. The lowest BCUT2D eigenvalue weighted by Crippen LogP contribution is -1.96. The van der Waals surface area contributed by atoms with Gasteiger partial charge in [-0.1, -0.05) is 72.3 Å². The Morgan fingerprint density at radius 1 is 0.615 bits per heavy atom. The van der Waals surface area contributed by atoms with Gasteiger partial charge >= 0.3 is 0 Å². The minimum Gasteiger partial charge on any atom is -0.228 e. The quantitative estimate of drug-likeness (QED) is 0.430. The van der Waals surface area contributed by atoms with Gasteiger partial charge in [0.2, 0.25) is 0 Å². The van der Waals surface area contributed by atoms with E-state index in [2.05, 4.69) is 9.97 Å². The van der Waals surface area contributed by atoms with Gasteiger partial charge in [0.25, 0.3) is 0 Å². The Bertz CT molecular complexity index is 992. The number of hydrogen-bond donors (Lipinski definition) is 0. The van der Waals surface area contributed by atoms with Crippen molar-refractivity contribution < 1.29 is 4.39 Å². The van der Waals surface area contributed by atoms with Gasteiger partial charge < -0.3 is 0 Å².